The van der Waals surface area contributed by atoms with Gasteiger partial charge in [0, 0.05) is 55.4 Å². The normalized spacial score (nSPS) is 23.4. The standard InChI is InChI=1S/C28H37N3/c1-22-11-13-25(14-12-22)30-17-15-26(16-18-30)31-21-24(27-9-5-6-10-28(27)31)20-29-19-23-7-3-2-4-8-23/h2-10,21-22,25-26,29H,11-20H2,1H3. The minimum atomic E-state index is 0.631. The fraction of sp³-hybridized carbons (Fsp3) is 0.500. The SMILES string of the molecule is CC1CCC(N2CCC(n3cc(CNCc4ccccc4)c4ccccc43)CC2)CC1. The zero-order valence-electron chi connectivity index (χ0n) is 19.0. The van der Waals surface area contributed by atoms with Gasteiger partial charge in [-0.15, -0.1) is 0 Å². The van der Waals surface area contributed by atoms with Gasteiger partial charge in [-0.2, -0.15) is 0 Å². The van der Waals surface area contributed by atoms with Gasteiger partial charge in [-0.3, -0.25) is 0 Å². The summed E-state index contributed by atoms with van der Waals surface area (Å²) in [6.07, 6.45) is 10.7. The van der Waals surface area contributed by atoms with Crippen LogP contribution in [0.3, 0.4) is 0 Å². The predicted octanol–water partition coefficient (Wildman–Crippen LogP) is 6.15. The number of likely N-dealkylation sites (tertiary alicyclic amines) is 1. The highest BCUT2D eigenvalue weighted by atomic mass is 15.2. The molecule has 0 radical (unpaired) electrons. The summed E-state index contributed by atoms with van der Waals surface area (Å²) in [5.41, 5.74) is 4.18. The summed E-state index contributed by atoms with van der Waals surface area (Å²) in [4.78, 5) is 2.80. The second kappa shape index (κ2) is 9.58. The van der Waals surface area contributed by atoms with Gasteiger partial charge in [0.05, 0.1) is 0 Å². The van der Waals surface area contributed by atoms with Crippen molar-refractivity contribution < 1.29 is 0 Å². The van der Waals surface area contributed by atoms with Crippen LogP contribution in [0, 0.1) is 5.92 Å². The second-order valence-electron chi connectivity index (χ2n) is 9.85. The molecule has 1 saturated carbocycles. The molecule has 2 heterocycles. The number of nitrogens with zero attached hydrogens (tertiary/aromatic N) is 2. The number of benzene rings is 2. The number of aromatic nitrogens is 1. The van der Waals surface area contributed by atoms with E-state index in [1.807, 2.05) is 0 Å². The van der Waals surface area contributed by atoms with E-state index in [1.54, 1.807) is 0 Å². The number of hydrogen-bond donors (Lipinski definition) is 1. The van der Waals surface area contributed by atoms with Crippen molar-refractivity contribution in [2.75, 3.05) is 13.1 Å². The zero-order valence-corrected chi connectivity index (χ0v) is 19.0. The van der Waals surface area contributed by atoms with Crippen molar-refractivity contribution >= 4 is 10.9 Å². The zero-order chi connectivity index (χ0) is 21.0. The fourth-order valence-electron chi connectivity index (χ4n) is 5.79. The molecule has 2 fully saturated rings. The Bertz CT molecular complexity index is 960. The molecule has 0 amide bonds. The lowest BCUT2D eigenvalue weighted by Crippen LogP contribution is -2.43. The molecule has 1 N–H and O–H groups in total. The first kappa shape index (κ1) is 20.8. The number of fused-ring (bicyclic) bond motifs is 1. The Morgan fingerprint density at radius 3 is 2.26 bits per heavy atom. The first-order valence-electron chi connectivity index (χ1n) is 12.3. The molecule has 0 spiro atoms. The highest BCUT2D eigenvalue weighted by Crippen LogP contribution is 2.34. The molecule has 164 valence electrons. The Morgan fingerprint density at radius 2 is 1.48 bits per heavy atom. The lowest BCUT2D eigenvalue weighted by molar-refractivity contribution is 0.0995. The van der Waals surface area contributed by atoms with E-state index in [0.29, 0.717) is 6.04 Å². The molecule has 3 nitrogen and oxygen atoms in total. The molecule has 1 aliphatic carbocycles. The van der Waals surface area contributed by atoms with Gasteiger partial charge >= 0.3 is 0 Å². The van der Waals surface area contributed by atoms with E-state index >= 15 is 0 Å². The van der Waals surface area contributed by atoms with Crippen LogP contribution in [-0.2, 0) is 13.1 Å². The van der Waals surface area contributed by atoms with E-state index in [4.69, 9.17) is 0 Å². The number of piperidine rings is 1. The smallest absolute Gasteiger partial charge is 0.0486 e. The number of nitrogens with one attached hydrogen (secondary N) is 1. The molecule has 2 aromatic carbocycles. The van der Waals surface area contributed by atoms with Gasteiger partial charge < -0.3 is 14.8 Å². The molecule has 3 aromatic rings. The molecule has 1 aliphatic heterocycles. The number of hydrogen-bond acceptors (Lipinski definition) is 2. The average Bonchev–Trinajstić information content (AvgIpc) is 3.19. The van der Waals surface area contributed by atoms with Gasteiger partial charge in [-0.25, -0.2) is 0 Å². The van der Waals surface area contributed by atoms with Crippen LogP contribution in [0.5, 0.6) is 0 Å². The maximum atomic E-state index is 3.66. The van der Waals surface area contributed by atoms with Crippen LogP contribution in [0.1, 0.15) is 62.6 Å². The summed E-state index contributed by atoms with van der Waals surface area (Å²) in [6, 6.07) is 21.1. The lowest BCUT2D eigenvalue weighted by atomic mass is 9.85. The molecule has 31 heavy (non-hydrogen) atoms. The van der Waals surface area contributed by atoms with E-state index in [9.17, 15) is 0 Å². The number of para-hydroxylation sites is 1. The Hall–Kier alpha value is -2.10. The van der Waals surface area contributed by atoms with E-state index < -0.39 is 0 Å². The molecule has 0 bridgehead atoms. The van der Waals surface area contributed by atoms with Gasteiger partial charge in [0.1, 0.15) is 0 Å². The summed E-state index contributed by atoms with van der Waals surface area (Å²) in [7, 11) is 0. The molecule has 1 aromatic heterocycles. The summed E-state index contributed by atoms with van der Waals surface area (Å²) in [5, 5.41) is 5.07. The van der Waals surface area contributed by atoms with Crippen molar-refractivity contribution in [1.82, 2.24) is 14.8 Å². The Balaban J connectivity index is 1.25. The van der Waals surface area contributed by atoms with Gasteiger partial charge in [0.15, 0.2) is 0 Å². The summed E-state index contributed by atoms with van der Waals surface area (Å²) in [5.74, 6) is 0.939. The highest BCUT2D eigenvalue weighted by Gasteiger charge is 2.29. The quantitative estimate of drug-likeness (QED) is 0.521. The fourth-order valence-corrected chi connectivity index (χ4v) is 5.79. The van der Waals surface area contributed by atoms with Crippen molar-refractivity contribution in [3.8, 4) is 0 Å². The van der Waals surface area contributed by atoms with Crippen molar-refractivity contribution in [2.45, 2.75) is 70.6 Å². The largest absolute Gasteiger partial charge is 0.344 e. The van der Waals surface area contributed by atoms with Crippen LogP contribution in [0.2, 0.25) is 0 Å². The van der Waals surface area contributed by atoms with Crippen LogP contribution in [0.15, 0.2) is 60.8 Å². The summed E-state index contributed by atoms with van der Waals surface area (Å²) in [6.45, 7) is 6.78. The molecular formula is C28H37N3. The van der Waals surface area contributed by atoms with E-state index in [-0.39, 0.29) is 0 Å². The van der Waals surface area contributed by atoms with Gasteiger partial charge in [0.25, 0.3) is 0 Å². The number of rotatable bonds is 6. The minimum Gasteiger partial charge on any atom is -0.344 e. The molecular weight excluding hydrogens is 378 g/mol. The third-order valence-corrected chi connectivity index (χ3v) is 7.70. The predicted molar refractivity (Wildman–Crippen MR) is 130 cm³/mol. The topological polar surface area (TPSA) is 20.2 Å². The second-order valence-corrected chi connectivity index (χ2v) is 9.85. The lowest BCUT2D eigenvalue weighted by Gasteiger charge is -2.40. The molecule has 0 unspecified atom stereocenters. The first-order valence-corrected chi connectivity index (χ1v) is 12.3. The van der Waals surface area contributed by atoms with Crippen molar-refractivity contribution in [2.24, 2.45) is 5.92 Å². The Kier molecular flexibility index (Phi) is 6.42. The molecule has 5 rings (SSSR count). The van der Waals surface area contributed by atoms with Crippen molar-refractivity contribution in [1.29, 1.82) is 0 Å². The first-order chi connectivity index (χ1) is 15.3. The molecule has 0 atom stereocenters. The third kappa shape index (κ3) is 4.73. The van der Waals surface area contributed by atoms with Crippen LogP contribution < -0.4 is 5.32 Å². The maximum absolute atomic E-state index is 3.66. The molecule has 2 aliphatic rings. The third-order valence-electron chi connectivity index (χ3n) is 7.70. The van der Waals surface area contributed by atoms with Crippen molar-refractivity contribution in [3.63, 3.8) is 0 Å². The van der Waals surface area contributed by atoms with Gasteiger partial charge in [-0.1, -0.05) is 55.5 Å². The van der Waals surface area contributed by atoms with Gasteiger partial charge in [-0.05, 0) is 61.6 Å². The van der Waals surface area contributed by atoms with E-state index in [2.05, 4.69) is 82.5 Å². The van der Waals surface area contributed by atoms with Crippen LogP contribution in [-0.4, -0.2) is 28.6 Å². The van der Waals surface area contributed by atoms with E-state index in [0.717, 1.165) is 25.0 Å². The Morgan fingerprint density at radius 1 is 0.774 bits per heavy atom. The summed E-state index contributed by atoms with van der Waals surface area (Å²) < 4.78 is 2.59. The highest BCUT2D eigenvalue weighted by molar-refractivity contribution is 5.84. The van der Waals surface area contributed by atoms with Crippen LogP contribution >= 0.6 is 0 Å². The van der Waals surface area contributed by atoms with E-state index in [1.165, 1.54) is 73.6 Å². The summed E-state index contributed by atoms with van der Waals surface area (Å²) >= 11 is 0. The average molecular weight is 416 g/mol. The maximum Gasteiger partial charge on any atom is 0.0486 e. The van der Waals surface area contributed by atoms with Crippen LogP contribution in [0.4, 0.5) is 0 Å². The molecule has 3 heteroatoms. The van der Waals surface area contributed by atoms with Gasteiger partial charge in [0.2, 0.25) is 0 Å². The Labute approximate surface area is 187 Å². The molecule has 1 saturated heterocycles. The van der Waals surface area contributed by atoms with Crippen molar-refractivity contribution in [3.05, 3.63) is 71.9 Å². The minimum absolute atomic E-state index is 0.631. The monoisotopic (exact) mass is 415 g/mol. The van der Waals surface area contributed by atoms with Crippen LogP contribution in [0.25, 0.3) is 10.9 Å².